The number of hydrogen-bond donors (Lipinski definition) is 0. The van der Waals surface area contributed by atoms with Crippen molar-refractivity contribution in [1.29, 1.82) is 0 Å². The second-order valence-electron chi connectivity index (χ2n) is 3.03. The Morgan fingerprint density at radius 1 is 1.54 bits per heavy atom. The van der Waals surface area contributed by atoms with E-state index in [-0.39, 0.29) is 11.2 Å². The first-order valence-electron chi connectivity index (χ1n) is 4.02. The van der Waals surface area contributed by atoms with Crippen molar-refractivity contribution in [2.75, 3.05) is 0 Å². The molecule has 13 heavy (non-hydrogen) atoms. The van der Waals surface area contributed by atoms with Gasteiger partial charge in [-0.1, -0.05) is 6.08 Å². The summed E-state index contributed by atoms with van der Waals surface area (Å²) in [5, 5.41) is -0.190. The monoisotopic (exact) mass is 193 g/mol. The van der Waals surface area contributed by atoms with Crippen LogP contribution in [0.1, 0.15) is 6.92 Å². The van der Waals surface area contributed by atoms with E-state index >= 15 is 0 Å². The molecule has 0 aromatic carbocycles. The number of carbonyl (C=O) groups is 1. The summed E-state index contributed by atoms with van der Waals surface area (Å²) >= 11 is 5.85. The molecule has 1 unspecified atom stereocenters. The lowest BCUT2D eigenvalue weighted by Gasteiger charge is -2.15. The van der Waals surface area contributed by atoms with Crippen LogP contribution in [0.3, 0.4) is 0 Å². The number of carbonyl (C=O) groups excluding carboxylic acids is 1. The third-order valence-corrected chi connectivity index (χ3v) is 2.21. The van der Waals surface area contributed by atoms with E-state index in [0.29, 0.717) is 5.57 Å². The van der Waals surface area contributed by atoms with Crippen LogP contribution in [0.25, 0.3) is 0 Å². The molecule has 2 nitrogen and oxygen atoms in total. The van der Waals surface area contributed by atoms with Crippen LogP contribution >= 0.6 is 11.6 Å². The van der Waals surface area contributed by atoms with Crippen molar-refractivity contribution in [3.05, 3.63) is 35.6 Å². The number of hydrogen-bond acceptors (Lipinski definition) is 2. The van der Waals surface area contributed by atoms with Crippen molar-refractivity contribution in [1.82, 2.24) is 0 Å². The van der Waals surface area contributed by atoms with E-state index in [9.17, 15) is 4.79 Å². The fourth-order valence-electron chi connectivity index (χ4n) is 1.37. The van der Waals surface area contributed by atoms with Crippen LogP contribution in [-0.4, -0.2) is 16.9 Å². The number of aliphatic imine (C=N–C) groups is 1. The second kappa shape index (κ2) is 2.96. The Morgan fingerprint density at radius 3 is 3.08 bits per heavy atom. The number of alkyl halides is 1. The van der Waals surface area contributed by atoms with Crippen LogP contribution in [0.5, 0.6) is 0 Å². The molecular formula is C10H8ClNO. The lowest BCUT2D eigenvalue weighted by Crippen LogP contribution is -2.18. The van der Waals surface area contributed by atoms with Gasteiger partial charge in [0, 0.05) is 17.3 Å². The molecule has 66 valence electrons. The van der Waals surface area contributed by atoms with Crippen molar-refractivity contribution in [2.24, 2.45) is 4.99 Å². The van der Waals surface area contributed by atoms with Gasteiger partial charge in [-0.25, -0.2) is 0 Å². The van der Waals surface area contributed by atoms with Crippen molar-refractivity contribution < 1.29 is 4.79 Å². The van der Waals surface area contributed by atoms with Crippen molar-refractivity contribution >= 4 is 23.1 Å². The molecule has 3 heteroatoms. The summed E-state index contributed by atoms with van der Waals surface area (Å²) in [6.45, 7) is 1.81. The number of allylic oxidation sites excluding steroid dienone is 6. The maximum absolute atomic E-state index is 11.5. The Balaban J connectivity index is 2.48. The topological polar surface area (TPSA) is 29.4 Å². The zero-order valence-corrected chi connectivity index (χ0v) is 7.88. The number of rotatable bonds is 0. The van der Waals surface area contributed by atoms with E-state index in [2.05, 4.69) is 4.99 Å². The molecule has 0 fully saturated rings. The van der Waals surface area contributed by atoms with Gasteiger partial charge < -0.3 is 0 Å². The van der Waals surface area contributed by atoms with Gasteiger partial charge in [-0.2, -0.15) is 0 Å². The van der Waals surface area contributed by atoms with Crippen LogP contribution in [0, 0.1) is 0 Å². The predicted octanol–water partition coefficient (Wildman–Crippen LogP) is 2.02. The average Bonchev–Trinajstić information content (AvgIpc) is 2.06. The highest BCUT2D eigenvalue weighted by Gasteiger charge is 2.20. The lowest BCUT2D eigenvalue weighted by molar-refractivity contribution is -0.111. The first-order valence-corrected chi connectivity index (χ1v) is 4.46. The molecule has 2 aliphatic rings. The highest BCUT2D eigenvalue weighted by atomic mass is 35.5. The van der Waals surface area contributed by atoms with E-state index in [1.807, 2.05) is 13.0 Å². The van der Waals surface area contributed by atoms with Gasteiger partial charge in [0.05, 0.1) is 11.1 Å². The Kier molecular flexibility index (Phi) is 1.93. The van der Waals surface area contributed by atoms with Gasteiger partial charge >= 0.3 is 0 Å². The molecule has 0 N–H and O–H groups in total. The first-order chi connectivity index (χ1) is 6.16. The van der Waals surface area contributed by atoms with Crippen LogP contribution in [0.15, 0.2) is 40.6 Å². The lowest BCUT2D eigenvalue weighted by atomic mass is 9.96. The quantitative estimate of drug-likeness (QED) is 0.542. The van der Waals surface area contributed by atoms with Crippen LogP contribution < -0.4 is 0 Å². The zero-order valence-electron chi connectivity index (χ0n) is 7.12. The molecule has 0 saturated heterocycles. The third-order valence-electron chi connectivity index (χ3n) is 1.94. The van der Waals surface area contributed by atoms with Gasteiger partial charge in [0.25, 0.3) is 0 Å². The maximum atomic E-state index is 11.5. The number of nitrogens with zero attached hydrogens (tertiary/aromatic N) is 1. The van der Waals surface area contributed by atoms with Crippen molar-refractivity contribution in [2.45, 2.75) is 12.3 Å². The maximum Gasteiger partial charge on any atom is 0.189 e. The molecule has 2 rings (SSSR count). The zero-order chi connectivity index (χ0) is 9.42. The molecule has 0 saturated carbocycles. The minimum atomic E-state index is -0.190. The number of halogens is 1. The van der Waals surface area contributed by atoms with Crippen molar-refractivity contribution in [3.63, 3.8) is 0 Å². The molecule has 1 aliphatic heterocycles. The standard InChI is InChI=1S/C10H8ClNO/c1-6-4-10(13)8-5-7(11)2-3-9(8)12-6/h2-5,7H,1H3. The Hall–Kier alpha value is -1.15. The normalized spacial score (nSPS) is 26.2. The van der Waals surface area contributed by atoms with Gasteiger partial charge in [0.15, 0.2) is 5.78 Å². The smallest absolute Gasteiger partial charge is 0.189 e. The van der Waals surface area contributed by atoms with Crippen LogP contribution in [0.4, 0.5) is 0 Å². The predicted molar refractivity (Wildman–Crippen MR) is 53.1 cm³/mol. The molecule has 1 heterocycles. The summed E-state index contributed by atoms with van der Waals surface area (Å²) in [4.78, 5) is 15.7. The Labute approximate surface area is 81.3 Å². The molecular weight excluding hydrogens is 186 g/mol. The SMILES string of the molecule is CC1=CC(=O)C2=CC(Cl)C=CC2=N1. The van der Waals surface area contributed by atoms with Gasteiger partial charge in [-0.05, 0) is 19.1 Å². The fourth-order valence-corrected chi connectivity index (χ4v) is 1.57. The average molecular weight is 194 g/mol. The molecule has 0 spiro atoms. The van der Waals surface area contributed by atoms with E-state index in [4.69, 9.17) is 11.6 Å². The summed E-state index contributed by atoms with van der Waals surface area (Å²) in [6, 6.07) is 0. The molecule has 0 radical (unpaired) electrons. The van der Waals surface area contributed by atoms with E-state index in [1.165, 1.54) is 6.08 Å². The molecule has 0 aromatic rings. The summed E-state index contributed by atoms with van der Waals surface area (Å²) in [5.74, 6) is -0.00231. The number of fused-ring (bicyclic) bond motifs is 1. The first kappa shape index (κ1) is 8.45. The molecule has 0 bridgehead atoms. The Bertz CT molecular complexity index is 388. The minimum Gasteiger partial charge on any atom is -0.289 e. The van der Waals surface area contributed by atoms with Gasteiger partial charge in [-0.15, -0.1) is 11.6 Å². The van der Waals surface area contributed by atoms with Gasteiger partial charge in [-0.3, -0.25) is 9.79 Å². The van der Waals surface area contributed by atoms with Gasteiger partial charge in [0.1, 0.15) is 0 Å². The highest BCUT2D eigenvalue weighted by molar-refractivity contribution is 6.34. The molecule has 0 aromatic heterocycles. The van der Waals surface area contributed by atoms with Crippen LogP contribution in [0.2, 0.25) is 0 Å². The second-order valence-corrected chi connectivity index (χ2v) is 3.53. The summed E-state index contributed by atoms with van der Waals surface area (Å²) < 4.78 is 0. The summed E-state index contributed by atoms with van der Waals surface area (Å²) in [5.41, 5.74) is 2.09. The fraction of sp³-hybridized carbons (Fsp3) is 0.200. The largest absolute Gasteiger partial charge is 0.289 e. The summed E-state index contributed by atoms with van der Waals surface area (Å²) in [7, 11) is 0. The minimum absolute atomic E-state index is 0.00231. The summed E-state index contributed by atoms with van der Waals surface area (Å²) in [6.07, 6.45) is 6.86. The molecule has 1 atom stereocenters. The van der Waals surface area contributed by atoms with E-state index in [0.717, 1.165) is 11.4 Å². The van der Waals surface area contributed by atoms with Crippen molar-refractivity contribution in [3.8, 4) is 0 Å². The van der Waals surface area contributed by atoms with E-state index < -0.39 is 0 Å². The number of ketones is 1. The highest BCUT2D eigenvalue weighted by Crippen LogP contribution is 2.20. The molecule has 1 aliphatic carbocycles. The van der Waals surface area contributed by atoms with Crippen LogP contribution in [-0.2, 0) is 4.79 Å². The van der Waals surface area contributed by atoms with Gasteiger partial charge in [0.2, 0.25) is 0 Å². The van der Waals surface area contributed by atoms with E-state index in [1.54, 1.807) is 12.2 Å². The third kappa shape index (κ3) is 1.49. The Morgan fingerprint density at radius 2 is 2.31 bits per heavy atom. The molecule has 0 amide bonds.